The monoisotopic (exact) mass is 396 g/mol. The quantitative estimate of drug-likeness (QED) is 0.522. The van der Waals surface area contributed by atoms with Gasteiger partial charge in [0.15, 0.2) is 20.8 Å². The van der Waals surface area contributed by atoms with Crippen molar-refractivity contribution >= 4 is 43.8 Å². The fourth-order valence-corrected chi connectivity index (χ4v) is 3.78. The molecule has 2 N–H and O–H groups in total. The third-order valence-corrected chi connectivity index (χ3v) is 6.15. The Hall–Kier alpha value is -2.33. The maximum Gasteiger partial charge on any atom is 0.325 e. The Balaban J connectivity index is 2.05. The van der Waals surface area contributed by atoms with E-state index in [0.29, 0.717) is 17.7 Å². The Morgan fingerprint density at radius 2 is 1.96 bits per heavy atom. The Bertz CT molecular complexity index is 893. The van der Waals surface area contributed by atoms with Crippen molar-refractivity contribution in [2.75, 3.05) is 16.9 Å². The largest absolute Gasteiger partial charge is 0.325 e. The van der Waals surface area contributed by atoms with Gasteiger partial charge >= 0.3 is 6.03 Å². The molecule has 0 aliphatic carbocycles. The van der Waals surface area contributed by atoms with E-state index in [-0.39, 0.29) is 15.1 Å². The summed E-state index contributed by atoms with van der Waals surface area (Å²) >= 11 is 0.849. The van der Waals surface area contributed by atoms with Gasteiger partial charge in [-0.2, -0.15) is 0 Å². The molecule has 0 radical (unpaired) electrons. The highest BCUT2D eigenvalue weighted by atomic mass is 32.2. The number of hydrogen-bond donors (Lipinski definition) is 2. The van der Waals surface area contributed by atoms with Crippen molar-refractivity contribution < 1.29 is 18.0 Å². The third kappa shape index (κ3) is 5.60. The highest BCUT2D eigenvalue weighted by Crippen LogP contribution is 2.23. The second-order valence-electron chi connectivity index (χ2n) is 5.64. The first kappa shape index (κ1) is 20.0. The Morgan fingerprint density at radius 1 is 1.19 bits per heavy atom. The Morgan fingerprint density at radius 3 is 2.62 bits per heavy atom. The Labute approximate surface area is 156 Å². The summed E-state index contributed by atoms with van der Waals surface area (Å²) in [6.45, 7) is 2.06. The lowest BCUT2D eigenvalue weighted by molar-refractivity contribution is 0.0980. The van der Waals surface area contributed by atoms with Crippen LogP contribution in [-0.2, 0) is 9.84 Å². The van der Waals surface area contributed by atoms with Crippen LogP contribution >= 0.6 is 11.3 Å². The molecule has 10 heteroatoms. The van der Waals surface area contributed by atoms with Gasteiger partial charge < -0.3 is 5.32 Å². The van der Waals surface area contributed by atoms with Gasteiger partial charge in [-0.1, -0.05) is 31.1 Å². The lowest BCUT2D eigenvalue weighted by atomic mass is 10.0. The van der Waals surface area contributed by atoms with E-state index in [1.54, 1.807) is 6.07 Å². The average Bonchev–Trinajstić information content (AvgIpc) is 3.04. The molecule has 2 aromatic heterocycles. The van der Waals surface area contributed by atoms with Crippen molar-refractivity contribution in [2.24, 2.45) is 0 Å². The summed E-state index contributed by atoms with van der Waals surface area (Å²) < 4.78 is 23.0. The lowest BCUT2D eigenvalue weighted by Crippen LogP contribution is -2.21. The smallest absolute Gasteiger partial charge is 0.305 e. The van der Waals surface area contributed by atoms with Gasteiger partial charge in [0, 0.05) is 24.4 Å². The standard InChI is InChI=1S/C16H20N4O4S2/c1-3-4-5-6-13(21)11-7-8-17-9-12(11)19-15(22)20-16-18-10-14(25-16)26(2,23)24/h7-10H,3-6H2,1-2H3,(H2,18,19,20,22). The van der Waals surface area contributed by atoms with Crippen molar-refractivity contribution in [1.29, 1.82) is 0 Å². The average molecular weight is 396 g/mol. The molecule has 0 aromatic carbocycles. The van der Waals surface area contributed by atoms with E-state index in [1.807, 2.05) is 0 Å². The number of Topliss-reactive ketones (excluding diaryl/α,β-unsaturated/α-hetero) is 1. The zero-order valence-electron chi connectivity index (χ0n) is 14.5. The summed E-state index contributed by atoms with van der Waals surface area (Å²) in [5.74, 6) is -0.0650. The molecular formula is C16H20N4O4S2. The van der Waals surface area contributed by atoms with Crippen LogP contribution in [0, 0.1) is 0 Å². The van der Waals surface area contributed by atoms with Gasteiger partial charge in [0.25, 0.3) is 0 Å². The van der Waals surface area contributed by atoms with Gasteiger partial charge in [-0.3, -0.25) is 15.1 Å². The number of aromatic nitrogens is 2. The number of carbonyl (C=O) groups is 2. The summed E-state index contributed by atoms with van der Waals surface area (Å²) in [7, 11) is -3.38. The van der Waals surface area contributed by atoms with E-state index in [4.69, 9.17) is 0 Å². The highest BCUT2D eigenvalue weighted by molar-refractivity contribution is 7.92. The number of unbranched alkanes of at least 4 members (excludes halogenated alkanes) is 2. The van der Waals surface area contributed by atoms with Crippen molar-refractivity contribution in [3.63, 3.8) is 0 Å². The number of sulfone groups is 1. The van der Waals surface area contributed by atoms with Crippen molar-refractivity contribution in [3.8, 4) is 0 Å². The van der Waals surface area contributed by atoms with Gasteiger partial charge in [0.05, 0.1) is 18.1 Å². The van der Waals surface area contributed by atoms with Crippen LogP contribution in [0.2, 0.25) is 0 Å². The molecule has 0 spiro atoms. The molecule has 2 rings (SSSR count). The SMILES string of the molecule is CCCCCC(=O)c1ccncc1NC(=O)Nc1ncc(S(C)(=O)=O)s1. The van der Waals surface area contributed by atoms with E-state index < -0.39 is 15.9 Å². The maximum absolute atomic E-state index is 12.3. The molecule has 0 unspecified atom stereocenters. The number of thiazole rings is 1. The molecule has 2 aromatic rings. The minimum Gasteiger partial charge on any atom is -0.305 e. The fourth-order valence-electron chi connectivity index (χ4n) is 2.15. The number of rotatable bonds is 8. The molecule has 0 saturated carbocycles. The summed E-state index contributed by atoms with van der Waals surface area (Å²) in [5, 5.41) is 5.16. The second kappa shape index (κ2) is 8.86. The van der Waals surface area contributed by atoms with Crippen LogP contribution in [-0.4, -0.2) is 36.5 Å². The first-order chi connectivity index (χ1) is 12.3. The molecule has 0 aliphatic heterocycles. The van der Waals surface area contributed by atoms with Crippen molar-refractivity contribution in [2.45, 2.75) is 36.8 Å². The van der Waals surface area contributed by atoms with Crippen molar-refractivity contribution in [3.05, 3.63) is 30.2 Å². The number of amides is 2. The van der Waals surface area contributed by atoms with Gasteiger partial charge in [-0.15, -0.1) is 0 Å². The van der Waals surface area contributed by atoms with Gasteiger partial charge in [0.1, 0.15) is 4.21 Å². The highest BCUT2D eigenvalue weighted by Gasteiger charge is 2.16. The van der Waals surface area contributed by atoms with Crippen molar-refractivity contribution in [1.82, 2.24) is 9.97 Å². The number of carbonyl (C=O) groups excluding carboxylic acids is 2. The van der Waals surface area contributed by atoms with Gasteiger partial charge in [-0.25, -0.2) is 18.2 Å². The predicted octanol–water partition coefficient (Wildman–Crippen LogP) is 3.35. The van der Waals surface area contributed by atoms with Gasteiger partial charge in [-0.05, 0) is 12.5 Å². The minimum absolute atomic E-state index is 0.0565. The molecule has 26 heavy (non-hydrogen) atoms. The van der Waals surface area contributed by atoms with Crippen LogP contribution in [0.15, 0.2) is 28.9 Å². The zero-order chi connectivity index (χ0) is 19.2. The number of anilines is 2. The van der Waals surface area contributed by atoms with Crippen LogP contribution in [0.1, 0.15) is 43.0 Å². The first-order valence-electron chi connectivity index (χ1n) is 8.02. The van der Waals surface area contributed by atoms with Gasteiger partial charge in [0.2, 0.25) is 0 Å². The Kier molecular flexibility index (Phi) is 6.81. The molecule has 2 amide bonds. The zero-order valence-corrected chi connectivity index (χ0v) is 16.1. The molecule has 8 nitrogen and oxygen atoms in total. The maximum atomic E-state index is 12.3. The lowest BCUT2D eigenvalue weighted by Gasteiger charge is -2.09. The van der Waals surface area contributed by atoms with Crippen LogP contribution in [0.25, 0.3) is 0 Å². The number of pyridine rings is 1. The molecule has 0 bridgehead atoms. The summed E-state index contributed by atoms with van der Waals surface area (Å²) in [6.07, 6.45) is 8.31. The van der Waals surface area contributed by atoms with E-state index in [2.05, 4.69) is 27.5 Å². The molecule has 0 fully saturated rings. The number of nitrogens with zero attached hydrogens (tertiary/aromatic N) is 2. The van der Waals surface area contributed by atoms with E-state index in [0.717, 1.165) is 36.9 Å². The second-order valence-corrected chi connectivity index (χ2v) is 8.91. The summed E-state index contributed by atoms with van der Waals surface area (Å²) in [6, 6.07) is 0.935. The number of nitrogens with one attached hydrogen (secondary N) is 2. The van der Waals surface area contributed by atoms with Crippen LogP contribution < -0.4 is 10.6 Å². The normalized spacial score (nSPS) is 11.2. The van der Waals surface area contributed by atoms with Crippen LogP contribution in [0.3, 0.4) is 0 Å². The van der Waals surface area contributed by atoms with Crippen LogP contribution in [0.5, 0.6) is 0 Å². The topological polar surface area (TPSA) is 118 Å². The molecule has 0 aliphatic rings. The molecule has 140 valence electrons. The summed E-state index contributed by atoms with van der Waals surface area (Å²) in [4.78, 5) is 32.2. The third-order valence-electron chi connectivity index (χ3n) is 3.45. The number of hydrogen-bond acceptors (Lipinski definition) is 7. The molecule has 0 saturated heterocycles. The van der Waals surface area contributed by atoms with E-state index in [1.165, 1.54) is 18.6 Å². The fraction of sp³-hybridized carbons (Fsp3) is 0.375. The predicted molar refractivity (Wildman–Crippen MR) is 101 cm³/mol. The minimum atomic E-state index is -3.38. The molecular weight excluding hydrogens is 376 g/mol. The number of ketones is 1. The van der Waals surface area contributed by atoms with E-state index in [9.17, 15) is 18.0 Å². The molecule has 0 atom stereocenters. The number of urea groups is 1. The molecule has 2 heterocycles. The van der Waals surface area contributed by atoms with E-state index >= 15 is 0 Å². The van der Waals surface area contributed by atoms with Crippen LogP contribution in [0.4, 0.5) is 15.6 Å². The first-order valence-corrected chi connectivity index (χ1v) is 10.7. The summed E-state index contributed by atoms with van der Waals surface area (Å²) in [5.41, 5.74) is 0.689.